The van der Waals surface area contributed by atoms with Crippen LogP contribution >= 0.6 is 0 Å². The SMILES string of the molecule is CC1(NC(=O)O[C@H]2CC[C@@H](c3cc(Nc4ccc5c(c4F)S(=O)(=O)CC5)n[nH]3)C2)CC1. The Morgan fingerprint density at radius 1 is 1.32 bits per heavy atom. The standard InChI is InChI=1S/C21H25FN4O4S/c1-21(7-8-21)24-20(27)30-14-4-2-13(10-14)16-11-17(26-25-16)23-15-5-3-12-6-9-31(28,29)19(12)18(15)22/h3,5,11,13-14H,2,4,6-10H2,1H3,(H,24,27)(H2,23,25,26)/t13-,14+/m1/s1. The molecule has 3 N–H and O–H groups in total. The van der Waals surface area contributed by atoms with Crippen LogP contribution in [0.25, 0.3) is 0 Å². The average molecular weight is 449 g/mol. The minimum Gasteiger partial charge on any atom is -0.446 e. The number of alkyl carbamates (subject to hydrolysis) is 1. The van der Waals surface area contributed by atoms with Crippen LogP contribution in [0.1, 0.15) is 56.2 Å². The van der Waals surface area contributed by atoms with E-state index in [0.29, 0.717) is 24.2 Å². The third-order valence-corrected chi connectivity index (χ3v) is 8.30. The van der Waals surface area contributed by atoms with E-state index in [2.05, 4.69) is 20.8 Å². The lowest BCUT2D eigenvalue weighted by molar-refractivity contribution is 0.0967. The van der Waals surface area contributed by atoms with Crippen molar-refractivity contribution in [1.29, 1.82) is 0 Å². The first kappa shape index (κ1) is 20.3. The van der Waals surface area contributed by atoms with Crippen molar-refractivity contribution in [3.8, 4) is 0 Å². The lowest BCUT2D eigenvalue weighted by atomic mass is 10.0. The van der Waals surface area contributed by atoms with Gasteiger partial charge in [-0.2, -0.15) is 5.10 Å². The molecule has 0 bridgehead atoms. The summed E-state index contributed by atoms with van der Waals surface area (Å²) < 4.78 is 44.6. The molecule has 1 amide bonds. The molecular weight excluding hydrogens is 423 g/mol. The lowest BCUT2D eigenvalue weighted by Crippen LogP contribution is -2.36. The zero-order chi connectivity index (χ0) is 21.8. The summed E-state index contributed by atoms with van der Waals surface area (Å²) in [5.74, 6) is -0.253. The fraction of sp³-hybridized carbons (Fsp3) is 0.524. The van der Waals surface area contributed by atoms with Gasteiger partial charge in [0.1, 0.15) is 11.0 Å². The summed E-state index contributed by atoms with van der Waals surface area (Å²) in [7, 11) is -3.57. The highest BCUT2D eigenvalue weighted by molar-refractivity contribution is 7.91. The molecule has 0 spiro atoms. The third-order valence-electron chi connectivity index (χ3n) is 6.49. The molecule has 0 radical (unpaired) electrons. The summed E-state index contributed by atoms with van der Waals surface area (Å²) >= 11 is 0. The van der Waals surface area contributed by atoms with Gasteiger partial charge in [-0.15, -0.1) is 0 Å². The number of hydrogen-bond donors (Lipinski definition) is 3. The van der Waals surface area contributed by atoms with Crippen LogP contribution in [0.5, 0.6) is 0 Å². The zero-order valence-electron chi connectivity index (χ0n) is 17.2. The largest absolute Gasteiger partial charge is 0.446 e. The van der Waals surface area contributed by atoms with Gasteiger partial charge < -0.3 is 15.4 Å². The van der Waals surface area contributed by atoms with Crippen molar-refractivity contribution < 1.29 is 22.3 Å². The van der Waals surface area contributed by atoms with Crippen LogP contribution in [0.3, 0.4) is 0 Å². The molecule has 0 unspecified atom stereocenters. The van der Waals surface area contributed by atoms with Crippen LogP contribution in [-0.2, 0) is 21.0 Å². The number of hydrogen-bond acceptors (Lipinski definition) is 6. The Morgan fingerprint density at radius 2 is 2.13 bits per heavy atom. The molecule has 166 valence electrons. The number of benzene rings is 1. The molecule has 2 aromatic rings. The summed E-state index contributed by atoms with van der Waals surface area (Å²) in [5.41, 5.74) is 1.37. The van der Waals surface area contributed by atoms with E-state index in [9.17, 15) is 17.6 Å². The minimum atomic E-state index is -3.57. The zero-order valence-corrected chi connectivity index (χ0v) is 18.0. The van der Waals surface area contributed by atoms with Crippen LogP contribution < -0.4 is 10.6 Å². The van der Waals surface area contributed by atoms with Crippen molar-refractivity contribution in [3.63, 3.8) is 0 Å². The van der Waals surface area contributed by atoms with Gasteiger partial charge in [-0.25, -0.2) is 17.6 Å². The number of nitrogens with one attached hydrogen (secondary N) is 3. The number of rotatable bonds is 5. The summed E-state index contributed by atoms with van der Waals surface area (Å²) in [6, 6.07) is 4.98. The molecule has 2 heterocycles. The number of nitrogens with zero attached hydrogens (tertiary/aromatic N) is 1. The first-order chi connectivity index (χ1) is 14.7. The number of carbonyl (C=O) groups excluding carboxylic acids is 1. The summed E-state index contributed by atoms with van der Waals surface area (Å²) in [4.78, 5) is 11.8. The second kappa shape index (κ2) is 7.22. The first-order valence-electron chi connectivity index (χ1n) is 10.6. The quantitative estimate of drug-likeness (QED) is 0.645. The number of sulfone groups is 1. The molecule has 0 saturated heterocycles. The number of anilines is 2. The number of halogens is 1. The molecule has 3 aliphatic rings. The van der Waals surface area contributed by atoms with Gasteiger partial charge in [-0.1, -0.05) is 6.07 Å². The number of aryl methyl sites for hydroxylation is 1. The molecule has 10 heteroatoms. The van der Waals surface area contributed by atoms with Gasteiger partial charge in [-0.05, 0) is 57.1 Å². The van der Waals surface area contributed by atoms with E-state index in [-0.39, 0.29) is 40.0 Å². The van der Waals surface area contributed by atoms with E-state index >= 15 is 0 Å². The van der Waals surface area contributed by atoms with Gasteiger partial charge in [0.15, 0.2) is 21.5 Å². The Hall–Kier alpha value is -2.62. The molecule has 2 atom stereocenters. The number of fused-ring (bicyclic) bond motifs is 1. The van der Waals surface area contributed by atoms with Gasteiger partial charge in [0.25, 0.3) is 0 Å². The number of H-pyrrole nitrogens is 1. The highest BCUT2D eigenvalue weighted by atomic mass is 32.2. The Kier molecular flexibility index (Phi) is 4.72. The van der Waals surface area contributed by atoms with E-state index < -0.39 is 15.7 Å². The van der Waals surface area contributed by atoms with Crippen LogP contribution in [0.15, 0.2) is 23.1 Å². The molecule has 5 rings (SSSR count). The normalized spacial score (nSPS) is 25.1. The molecule has 31 heavy (non-hydrogen) atoms. The molecule has 2 fully saturated rings. The topological polar surface area (TPSA) is 113 Å². The molecule has 2 aliphatic carbocycles. The smallest absolute Gasteiger partial charge is 0.407 e. The lowest BCUT2D eigenvalue weighted by Gasteiger charge is -2.16. The molecule has 1 aromatic carbocycles. The number of aromatic amines is 1. The number of carbonyl (C=O) groups is 1. The predicted molar refractivity (Wildman–Crippen MR) is 112 cm³/mol. The summed E-state index contributed by atoms with van der Waals surface area (Å²) in [5, 5.41) is 13.0. The fourth-order valence-electron chi connectivity index (χ4n) is 4.39. The maximum absolute atomic E-state index is 14.8. The summed E-state index contributed by atoms with van der Waals surface area (Å²) in [6.07, 6.45) is 4.11. The van der Waals surface area contributed by atoms with Crippen molar-refractivity contribution in [2.45, 2.75) is 67.9 Å². The first-order valence-corrected chi connectivity index (χ1v) is 12.2. The van der Waals surface area contributed by atoms with Crippen molar-refractivity contribution in [3.05, 3.63) is 35.3 Å². The van der Waals surface area contributed by atoms with Gasteiger partial charge in [-0.3, -0.25) is 5.10 Å². The van der Waals surface area contributed by atoms with Crippen LogP contribution in [-0.4, -0.2) is 42.1 Å². The summed E-state index contributed by atoms with van der Waals surface area (Å²) in [6.45, 7) is 2.00. The van der Waals surface area contributed by atoms with Gasteiger partial charge in [0.2, 0.25) is 0 Å². The van der Waals surface area contributed by atoms with E-state index in [1.165, 1.54) is 0 Å². The van der Waals surface area contributed by atoms with E-state index in [1.54, 1.807) is 18.2 Å². The highest BCUT2D eigenvalue weighted by Gasteiger charge is 2.40. The monoisotopic (exact) mass is 448 g/mol. The predicted octanol–water partition coefficient (Wildman–Crippen LogP) is 3.54. The minimum absolute atomic E-state index is 0.0581. The Morgan fingerprint density at radius 3 is 2.90 bits per heavy atom. The maximum Gasteiger partial charge on any atom is 0.407 e. The number of ether oxygens (including phenoxy) is 1. The molecule has 2 saturated carbocycles. The van der Waals surface area contributed by atoms with Gasteiger partial charge >= 0.3 is 6.09 Å². The van der Waals surface area contributed by atoms with E-state index in [1.807, 2.05) is 6.92 Å². The van der Waals surface area contributed by atoms with Crippen LogP contribution in [0.2, 0.25) is 0 Å². The van der Waals surface area contributed by atoms with Crippen molar-refractivity contribution in [2.75, 3.05) is 11.1 Å². The molecular formula is C21H25FN4O4S. The maximum atomic E-state index is 14.8. The molecule has 8 nitrogen and oxygen atoms in total. The molecule has 1 aromatic heterocycles. The number of amides is 1. The van der Waals surface area contributed by atoms with E-state index in [0.717, 1.165) is 31.4 Å². The number of aromatic nitrogens is 2. The van der Waals surface area contributed by atoms with Crippen molar-refractivity contribution >= 4 is 27.4 Å². The fourth-order valence-corrected chi connectivity index (χ4v) is 6.03. The third kappa shape index (κ3) is 4.00. The van der Waals surface area contributed by atoms with Crippen molar-refractivity contribution in [2.24, 2.45) is 0 Å². The Balaban J connectivity index is 1.23. The van der Waals surface area contributed by atoms with Gasteiger partial charge in [0, 0.05) is 23.2 Å². The second-order valence-corrected chi connectivity index (χ2v) is 11.1. The van der Waals surface area contributed by atoms with Crippen LogP contribution in [0, 0.1) is 5.82 Å². The molecule has 1 aliphatic heterocycles. The highest BCUT2D eigenvalue weighted by Crippen LogP contribution is 2.38. The second-order valence-electron chi connectivity index (χ2n) is 9.04. The van der Waals surface area contributed by atoms with Crippen LogP contribution in [0.4, 0.5) is 20.7 Å². The Labute approximate surface area is 179 Å². The Bertz CT molecular complexity index is 1140. The van der Waals surface area contributed by atoms with Crippen molar-refractivity contribution in [1.82, 2.24) is 15.5 Å². The van der Waals surface area contributed by atoms with Gasteiger partial charge in [0.05, 0.1) is 11.4 Å². The average Bonchev–Trinajstić information content (AvgIpc) is 3.08. The van der Waals surface area contributed by atoms with E-state index in [4.69, 9.17) is 4.74 Å².